The molecule has 3 rings (SSSR count). The number of rotatable bonds is 4. The van der Waals surface area contributed by atoms with Crippen LogP contribution >= 0.6 is 0 Å². The lowest BCUT2D eigenvalue weighted by molar-refractivity contribution is -0.138. The van der Waals surface area contributed by atoms with E-state index in [0.29, 0.717) is 6.54 Å². The molecule has 0 spiro atoms. The molecule has 1 aromatic carbocycles. The number of imide groups is 1. The van der Waals surface area contributed by atoms with Gasteiger partial charge < -0.3 is 5.32 Å². The molecule has 1 saturated heterocycles. The van der Waals surface area contributed by atoms with Gasteiger partial charge in [0.05, 0.1) is 11.9 Å². The normalized spacial score (nSPS) is 18.5. The molecule has 5 heteroatoms. The van der Waals surface area contributed by atoms with Gasteiger partial charge in [-0.15, -0.1) is 0 Å². The number of nitrogens with one attached hydrogen (secondary N) is 1. The summed E-state index contributed by atoms with van der Waals surface area (Å²) in [5, 5.41) is 4.15. The van der Waals surface area contributed by atoms with Crippen molar-refractivity contribution >= 4 is 28.4 Å². The van der Waals surface area contributed by atoms with Crippen molar-refractivity contribution in [2.24, 2.45) is 0 Å². The SMILES string of the molecule is CCCN1C(=O)CC(Nc2cccc3ncccc23)C1=O. The maximum Gasteiger partial charge on any atom is 0.252 e. The van der Waals surface area contributed by atoms with Crippen molar-refractivity contribution in [3.8, 4) is 0 Å². The molecule has 0 saturated carbocycles. The zero-order valence-electron chi connectivity index (χ0n) is 11.9. The quantitative estimate of drug-likeness (QED) is 0.874. The van der Waals surface area contributed by atoms with Gasteiger partial charge in [-0.25, -0.2) is 0 Å². The number of hydrogen-bond acceptors (Lipinski definition) is 4. The monoisotopic (exact) mass is 283 g/mol. The van der Waals surface area contributed by atoms with Crippen molar-refractivity contribution in [2.75, 3.05) is 11.9 Å². The van der Waals surface area contributed by atoms with Crippen LogP contribution in [-0.4, -0.2) is 34.3 Å². The van der Waals surface area contributed by atoms with Crippen LogP contribution < -0.4 is 5.32 Å². The van der Waals surface area contributed by atoms with Crippen LogP contribution in [0.25, 0.3) is 10.9 Å². The third kappa shape index (κ3) is 2.46. The number of aromatic nitrogens is 1. The largest absolute Gasteiger partial charge is 0.373 e. The minimum absolute atomic E-state index is 0.0993. The molecule has 1 aliphatic heterocycles. The topological polar surface area (TPSA) is 62.3 Å². The summed E-state index contributed by atoms with van der Waals surface area (Å²) in [6.45, 7) is 2.45. The van der Waals surface area contributed by atoms with E-state index in [0.717, 1.165) is 23.0 Å². The molecule has 108 valence electrons. The molecule has 1 unspecified atom stereocenters. The van der Waals surface area contributed by atoms with Gasteiger partial charge in [-0.3, -0.25) is 19.5 Å². The fraction of sp³-hybridized carbons (Fsp3) is 0.312. The zero-order valence-corrected chi connectivity index (χ0v) is 11.9. The van der Waals surface area contributed by atoms with Crippen LogP contribution in [0, 0.1) is 0 Å². The van der Waals surface area contributed by atoms with Crippen LogP contribution in [0.2, 0.25) is 0 Å². The molecule has 1 atom stereocenters. The average Bonchev–Trinajstić information content (AvgIpc) is 2.76. The Bertz CT molecular complexity index is 693. The van der Waals surface area contributed by atoms with Gasteiger partial charge in [-0.05, 0) is 30.7 Å². The molecule has 2 heterocycles. The molecule has 1 aromatic heterocycles. The fourth-order valence-corrected chi connectivity index (χ4v) is 2.67. The number of nitrogens with zero attached hydrogens (tertiary/aromatic N) is 2. The summed E-state index contributed by atoms with van der Waals surface area (Å²) in [6.07, 6.45) is 2.73. The molecule has 1 aliphatic rings. The first-order chi connectivity index (χ1) is 10.2. The maximum absolute atomic E-state index is 12.3. The van der Waals surface area contributed by atoms with E-state index >= 15 is 0 Å². The number of benzene rings is 1. The summed E-state index contributed by atoms with van der Waals surface area (Å²) in [7, 11) is 0. The van der Waals surface area contributed by atoms with Crippen molar-refractivity contribution < 1.29 is 9.59 Å². The van der Waals surface area contributed by atoms with E-state index in [1.54, 1.807) is 6.20 Å². The minimum atomic E-state index is -0.477. The van der Waals surface area contributed by atoms with Crippen LogP contribution in [0.5, 0.6) is 0 Å². The highest BCUT2D eigenvalue weighted by atomic mass is 16.2. The second-order valence-electron chi connectivity index (χ2n) is 5.16. The van der Waals surface area contributed by atoms with Crippen LogP contribution in [-0.2, 0) is 9.59 Å². The van der Waals surface area contributed by atoms with Gasteiger partial charge in [0.2, 0.25) is 5.91 Å². The van der Waals surface area contributed by atoms with Gasteiger partial charge >= 0.3 is 0 Å². The highest BCUT2D eigenvalue weighted by Gasteiger charge is 2.37. The number of likely N-dealkylation sites (tertiary alicyclic amines) is 1. The van der Waals surface area contributed by atoms with E-state index in [1.165, 1.54) is 4.90 Å². The van der Waals surface area contributed by atoms with Crippen molar-refractivity contribution in [3.63, 3.8) is 0 Å². The number of hydrogen-bond donors (Lipinski definition) is 1. The van der Waals surface area contributed by atoms with Gasteiger partial charge in [0.25, 0.3) is 5.91 Å². The first-order valence-electron chi connectivity index (χ1n) is 7.15. The van der Waals surface area contributed by atoms with Crippen molar-refractivity contribution in [3.05, 3.63) is 36.5 Å². The molecule has 1 N–H and O–H groups in total. The Morgan fingerprint density at radius 2 is 2.14 bits per heavy atom. The molecule has 0 aliphatic carbocycles. The third-order valence-corrected chi connectivity index (χ3v) is 3.67. The second-order valence-corrected chi connectivity index (χ2v) is 5.16. The summed E-state index contributed by atoms with van der Waals surface area (Å²) in [5.41, 5.74) is 1.70. The van der Waals surface area contributed by atoms with Gasteiger partial charge in [-0.1, -0.05) is 13.0 Å². The van der Waals surface area contributed by atoms with Gasteiger partial charge in [0.15, 0.2) is 0 Å². The molecular formula is C16H17N3O2. The number of fused-ring (bicyclic) bond motifs is 1. The van der Waals surface area contributed by atoms with Crippen molar-refractivity contribution in [1.82, 2.24) is 9.88 Å². The smallest absolute Gasteiger partial charge is 0.252 e. The molecule has 0 radical (unpaired) electrons. The van der Waals surface area contributed by atoms with Crippen molar-refractivity contribution in [1.29, 1.82) is 0 Å². The molecule has 0 bridgehead atoms. The molecule has 21 heavy (non-hydrogen) atoms. The van der Waals surface area contributed by atoms with Crippen molar-refractivity contribution in [2.45, 2.75) is 25.8 Å². The molecule has 5 nitrogen and oxygen atoms in total. The number of carbonyl (C=O) groups excluding carboxylic acids is 2. The minimum Gasteiger partial charge on any atom is -0.373 e. The van der Waals surface area contributed by atoms with E-state index in [-0.39, 0.29) is 18.2 Å². The Balaban J connectivity index is 1.86. The van der Waals surface area contributed by atoms with Crippen LogP contribution in [0.4, 0.5) is 5.69 Å². The molecular weight excluding hydrogens is 266 g/mol. The van der Waals surface area contributed by atoms with Gasteiger partial charge in [0.1, 0.15) is 6.04 Å². The summed E-state index contributed by atoms with van der Waals surface area (Å²) >= 11 is 0. The Morgan fingerprint density at radius 1 is 1.29 bits per heavy atom. The predicted octanol–water partition coefficient (Wildman–Crippen LogP) is 2.18. The van der Waals surface area contributed by atoms with E-state index in [9.17, 15) is 9.59 Å². The number of anilines is 1. The summed E-state index contributed by atoms with van der Waals surface area (Å²) in [6, 6.07) is 9.06. The van der Waals surface area contributed by atoms with Crippen LogP contribution in [0.1, 0.15) is 19.8 Å². The van der Waals surface area contributed by atoms with E-state index in [2.05, 4.69) is 10.3 Å². The fourth-order valence-electron chi connectivity index (χ4n) is 2.67. The zero-order chi connectivity index (χ0) is 14.8. The lowest BCUT2D eigenvalue weighted by Gasteiger charge is -2.16. The second kappa shape index (κ2) is 5.52. The molecule has 1 fully saturated rings. The average molecular weight is 283 g/mol. The lowest BCUT2D eigenvalue weighted by atomic mass is 10.1. The highest BCUT2D eigenvalue weighted by molar-refractivity contribution is 6.07. The Labute approximate surface area is 123 Å². The van der Waals surface area contributed by atoms with E-state index < -0.39 is 6.04 Å². The number of pyridine rings is 1. The standard InChI is InChI=1S/C16H17N3O2/c1-2-9-19-15(20)10-14(16(19)21)18-13-7-3-6-12-11(13)5-4-8-17-12/h3-8,14,18H,2,9-10H2,1H3. The first kappa shape index (κ1) is 13.5. The molecule has 2 amide bonds. The lowest BCUT2D eigenvalue weighted by Crippen LogP contribution is -2.35. The van der Waals surface area contributed by atoms with Crippen LogP contribution in [0.3, 0.4) is 0 Å². The number of amides is 2. The third-order valence-electron chi connectivity index (χ3n) is 3.67. The van der Waals surface area contributed by atoms with Crippen LogP contribution in [0.15, 0.2) is 36.5 Å². The van der Waals surface area contributed by atoms with E-state index in [4.69, 9.17) is 0 Å². The van der Waals surface area contributed by atoms with E-state index in [1.807, 2.05) is 37.3 Å². The number of carbonyl (C=O) groups is 2. The highest BCUT2D eigenvalue weighted by Crippen LogP contribution is 2.25. The van der Waals surface area contributed by atoms with Gasteiger partial charge in [-0.2, -0.15) is 0 Å². The Morgan fingerprint density at radius 3 is 2.95 bits per heavy atom. The maximum atomic E-state index is 12.3. The summed E-state index contributed by atoms with van der Waals surface area (Å²) in [4.78, 5) is 29.8. The predicted molar refractivity (Wildman–Crippen MR) is 80.8 cm³/mol. The Kier molecular flexibility index (Phi) is 3.56. The summed E-state index contributed by atoms with van der Waals surface area (Å²) in [5.74, 6) is -0.236. The first-order valence-corrected chi connectivity index (χ1v) is 7.15. The summed E-state index contributed by atoms with van der Waals surface area (Å²) < 4.78 is 0. The van der Waals surface area contributed by atoms with Gasteiger partial charge in [0, 0.05) is 23.8 Å². The Hall–Kier alpha value is -2.43. The molecule has 2 aromatic rings.